The molecule has 0 heterocycles. The third kappa shape index (κ3) is 10.3. The molecule has 23 heavy (non-hydrogen) atoms. The van der Waals surface area contributed by atoms with Crippen LogP contribution in [0.4, 0.5) is 9.59 Å². The SMILES string of the molecule is CC(C)OP(=O)(OC(C)C)C(=O)NCCNC(=O)OC(C)(C)C. The van der Waals surface area contributed by atoms with Crippen molar-refractivity contribution in [2.45, 2.75) is 66.3 Å². The summed E-state index contributed by atoms with van der Waals surface area (Å²) in [5.41, 5.74) is -1.43. The lowest BCUT2D eigenvalue weighted by Crippen LogP contribution is -2.37. The van der Waals surface area contributed by atoms with E-state index in [1.807, 2.05) is 0 Å². The second-order valence-corrected chi connectivity index (χ2v) is 8.29. The van der Waals surface area contributed by atoms with E-state index in [0.29, 0.717) is 0 Å². The Morgan fingerprint density at radius 2 is 1.39 bits per heavy atom. The number of hydrogen-bond donors (Lipinski definition) is 2. The Morgan fingerprint density at radius 3 is 1.78 bits per heavy atom. The average molecular weight is 352 g/mol. The number of carbonyl (C=O) groups is 2. The van der Waals surface area contributed by atoms with E-state index in [9.17, 15) is 14.2 Å². The van der Waals surface area contributed by atoms with Crippen molar-refractivity contribution in [2.75, 3.05) is 13.1 Å². The van der Waals surface area contributed by atoms with Gasteiger partial charge in [-0.25, -0.2) is 9.36 Å². The topological polar surface area (TPSA) is 103 Å². The minimum atomic E-state index is -3.91. The molecule has 2 amide bonds. The van der Waals surface area contributed by atoms with Crippen molar-refractivity contribution < 1.29 is 27.9 Å². The van der Waals surface area contributed by atoms with Crippen LogP contribution in [0.25, 0.3) is 0 Å². The maximum atomic E-state index is 12.5. The van der Waals surface area contributed by atoms with Gasteiger partial charge in [-0.3, -0.25) is 13.8 Å². The number of rotatable bonds is 8. The second-order valence-electron chi connectivity index (χ2n) is 6.47. The first kappa shape index (κ1) is 21.9. The minimum absolute atomic E-state index is 0.0744. The molecule has 0 unspecified atom stereocenters. The van der Waals surface area contributed by atoms with E-state index < -0.39 is 37.1 Å². The number of nitrogens with one attached hydrogen (secondary N) is 2. The van der Waals surface area contributed by atoms with Crippen LogP contribution in [0.15, 0.2) is 0 Å². The second kappa shape index (κ2) is 9.25. The Hall–Kier alpha value is -1.11. The normalized spacial score (nSPS) is 12.4. The van der Waals surface area contributed by atoms with E-state index in [0.717, 1.165) is 0 Å². The highest BCUT2D eigenvalue weighted by atomic mass is 31.2. The maximum absolute atomic E-state index is 12.5. The van der Waals surface area contributed by atoms with E-state index in [4.69, 9.17) is 13.8 Å². The summed E-state index contributed by atoms with van der Waals surface area (Å²) < 4.78 is 27.9. The van der Waals surface area contributed by atoms with Gasteiger partial charge < -0.3 is 15.4 Å². The number of amides is 2. The molecule has 0 rings (SSSR count). The van der Waals surface area contributed by atoms with Crippen LogP contribution in [0.5, 0.6) is 0 Å². The van der Waals surface area contributed by atoms with Gasteiger partial charge in [0.15, 0.2) is 0 Å². The molecular formula is C14H29N2O6P. The minimum Gasteiger partial charge on any atom is -0.444 e. The highest BCUT2D eigenvalue weighted by Crippen LogP contribution is 2.50. The Labute approximate surface area is 138 Å². The molecule has 0 radical (unpaired) electrons. The molecule has 0 fully saturated rings. The van der Waals surface area contributed by atoms with E-state index in [2.05, 4.69) is 10.6 Å². The number of carbonyl (C=O) groups excluding carboxylic acids is 2. The first-order valence-electron chi connectivity index (χ1n) is 7.58. The fourth-order valence-electron chi connectivity index (χ4n) is 1.42. The molecule has 0 saturated carbocycles. The van der Waals surface area contributed by atoms with Crippen LogP contribution in [-0.2, 0) is 18.3 Å². The summed E-state index contributed by atoms with van der Waals surface area (Å²) in [5.74, 6) is 0. The fourth-order valence-corrected chi connectivity index (χ4v) is 3.08. The average Bonchev–Trinajstić information content (AvgIpc) is 2.29. The van der Waals surface area contributed by atoms with E-state index in [1.54, 1.807) is 48.5 Å². The van der Waals surface area contributed by atoms with Crippen LogP contribution in [0.3, 0.4) is 0 Å². The Morgan fingerprint density at radius 1 is 0.957 bits per heavy atom. The van der Waals surface area contributed by atoms with Gasteiger partial charge in [0.1, 0.15) is 5.60 Å². The monoisotopic (exact) mass is 352 g/mol. The summed E-state index contributed by atoms with van der Waals surface area (Å²) in [6.45, 7) is 12.1. The highest BCUT2D eigenvalue weighted by molar-refractivity contribution is 7.71. The van der Waals surface area contributed by atoms with Gasteiger partial charge in [-0.15, -0.1) is 0 Å². The van der Waals surface area contributed by atoms with E-state index >= 15 is 0 Å². The van der Waals surface area contributed by atoms with Crippen LogP contribution < -0.4 is 10.6 Å². The predicted molar refractivity (Wildman–Crippen MR) is 87.7 cm³/mol. The standard InChI is InChI=1S/C14H29N2O6P/c1-10(2)21-23(19,22-11(3)4)13(18)16-9-8-15-12(17)20-14(5,6)7/h10-11H,8-9H2,1-7H3,(H,15,17)(H,16,18). The molecule has 0 bridgehead atoms. The maximum Gasteiger partial charge on any atom is 0.418 e. The van der Waals surface area contributed by atoms with Crippen molar-refractivity contribution in [3.05, 3.63) is 0 Å². The number of ether oxygens (including phenoxy) is 1. The molecular weight excluding hydrogens is 323 g/mol. The molecule has 0 atom stereocenters. The van der Waals surface area contributed by atoms with Gasteiger partial charge in [0.05, 0.1) is 12.2 Å². The molecule has 0 saturated heterocycles. The molecule has 2 N–H and O–H groups in total. The Kier molecular flexibility index (Phi) is 8.80. The molecule has 0 aliphatic rings. The van der Waals surface area contributed by atoms with Crippen molar-refractivity contribution in [3.63, 3.8) is 0 Å². The summed E-state index contributed by atoms with van der Waals surface area (Å²) in [6, 6.07) is 0. The first-order valence-corrected chi connectivity index (χ1v) is 9.12. The molecule has 8 nitrogen and oxygen atoms in total. The number of alkyl carbamates (subject to hydrolysis) is 1. The summed E-state index contributed by atoms with van der Waals surface area (Å²) >= 11 is 0. The van der Waals surface area contributed by atoms with Crippen molar-refractivity contribution in [2.24, 2.45) is 0 Å². The van der Waals surface area contributed by atoms with Crippen LogP contribution in [0, 0.1) is 0 Å². The van der Waals surface area contributed by atoms with Gasteiger partial charge in [0.2, 0.25) is 0 Å². The largest absolute Gasteiger partial charge is 0.444 e. The summed E-state index contributed by atoms with van der Waals surface area (Å²) in [5, 5.41) is 4.91. The molecule has 0 aromatic rings. The highest BCUT2D eigenvalue weighted by Gasteiger charge is 2.37. The van der Waals surface area contributed by atoms with Crippen molar-refractivity contribution in [1.29, 1.82) is 0 Å². The van der Waals surface area contributed by atoms with Gasteiger partial charge >= 0.3 is 19.3 Å². The lowest BCUT2D eigenvalue weighted by Gasteiger charge is -2.22. The van der Waals surface area contributed by atoms with Crippen molar-refractivity contribution in [3.8, 4) is 0 Å². The molecule has 0 aromatic carbocycles. The zero-order valence-corrected chi connectivity index (χ0v) is 15.9. The van der Waals surface area contributed by atoms with Gasteiger partial charge in [-0.1, -0.05) is 0 Å². The van der Waals surface area contributed by atoms with Gasteiger partial charge in [-0.2, -0.15) is 0 Å². The summed E-state index contributed by atoms with van der Waals surface area (Å²) in [7, 11) is -3.91. The zero-order chi connectivity index (χ0) is 18.3. The van der Waals surface area contributed by atoms with Gasteiger partial charge in [0.25, 0.3) is 0 Å². The Balaban J connectivity index is 4.39. The first-order chi connectivity index (χ1) is 10.4. The third-order valence-corrected chi connectivity index (χ3v) is 4.07. The van der Waals surface area contributed by atoms with E-state index in [1.165, 1.54) is 0 Å². The lowest BCUT2D eigenvalue weighted by atomic mass is 10.2. The summed E-state index contributed by atoms with van der Waals surface area (Å²) in [6.07, 6.45) is -1.44. The van der Waals surface area contributed by atoms with Crippen molar-refractivity contribution in [1.82, 2.24) is 10.6 Å². The van der Waals surface area contributed by atoms with Crippen LogP contribution >= 0.6 is 7.60 Å². The third-order valence-electron chi connectivity index (χ3n) is 2.02. The molecule has 0 aliphatic heterocycles. The molecule has 0 aliphatic carbocycles. The van der Waals surface area contributed by atoms with Crippen LogP contribution in [0.1, 0.15) is 48.5 Å². The summed E-state index contributed by atoms with van der Waals surface area (Å²) in [4.78, 5) is 23.5. The zero-order valence-electron chi connectivity index (χ0n) is 15.0. The van der Waals surface area contributed by atoms with Crippen LogP contribution in [-0.4, -0.2) is 42.6 Å². The van der Waals surface area contributed by atoms with E-state index in [-0.39, 0.29) is 13.1 Å². The quantitative estimate of drug-likeness (QED) is 0.513. The number of hydrogen-bond acceptors (Lipinski definition) is 6. The molecule has 9 heteroatoms. The molecule has 136 valence electrons. The lowest BCUT2D eigenvalue weighted by molar-refractivity contribution is 0.0528. The van der Waals surface area contributed by atoms with Crippen LogP contribution in [0.2, 0.25) is 0 Å². The van der Waals surface area contributed by atoms with Crippen molar-refractivity contribution >= 4 is 19.3 Å². The predicted octanol–water partition coefficient (Wildman–Crippen LogP) is 3.26. The molecule has 0 spiro atoms. The molecule has 0 aromatic heterocycles. The van der Waals surface area contributed by atoms with Gasteiger partial charge in [0, 0.05) is 13.1 Å². The Bertz CT molecular complexity index is 431. The smallest absolute Gasteiger partial charge is 0.418 e. The fraction of sp³-hybridized carbons (Fsp3) is 0.857. The van der Waals surface area contributed by atoms with Gasteiger partial charge in [-0.05, 0) is 48.5 Å².